The SMILES string of the molecule is O=C(CCSc1ccccc1)N1CCC(Oc2nc3ccccc3s2)CC1. The first-order chi connectivity index (χ1) is 13.3. The lowest BCUT2D eigenvalue weighted by Gasteiger charge is -2.31. The van der Waals surface area contributed by atoms with Crippen molar-refractivity contribution in [2.24, 2.45) is 0 Å². The van der Waals surface area contributed by atoms with Crippen molar-refractivity contribution >= 4 is 39.2 Å². The fourth-order valence-electron chi connectivity index (χ4n) is 3.20. The molecule has 1 aromatic heterocycles. The van der Waals surface area contributed by atoms with Crippen molar-refractivity contribution in [3.05, 3.63) is 54.6 Å². The number of nitrogens with zero attached hydrogens (tertiary/aromatic N) is 2. The molecule has 2 aromatic carbocycles. The molecule has 3 aromatic rings. The van der Waals surface area contributed by atoms with Crippen molar-refractivity contribution < 1.29 is 9.53 Å². The molecule has 0 bridgehead atoms. The first-order valence-corrected chi connectivity index (χ1v) is 11.1. The smallest absolute Gasteiger partial charge is 0.274 e. The summed E-state index contributed by atoms with van der Waals surface area (Å²) in [6.45, 7) is 1.54. The fraction of sp³-hybridized carbons (Fsp3) is 0.333. The third kappa shape index (κ3) is 4.82. The topological polar surface area (TPSA) is 42.4 Å². The van der Waals surface area contributed by atoms with Crippen LogP contribution in [0.25, 0.3) is 10.2 Å². The van der Waals surface area contributed by atoms with E-state index >= 15 is 0 Å². The highest BCUT2D eigenvalue weighted by atomic mass is 32.2. The summed E-state index contributed by atoms with van der Waals surface area (Å²) in [6, 6.07) is 18.3. The van der Waals surface area contributed by atoms with Gasteiger partial charge in [-0.2, -0.15) is 0 Å². The molecule has 6 heteroatoms. The van der Waals surface area contributed by atoms with Crippen LogP contribution in [0.3, 0.4) is 0 Å². The van der Waals surface area contributed by atoms with E-state index in [1.165, 1.54) is 4.90 Å². The molecule has 0 radical (unpaired) electrons. The number of hydrogen-bond donors (Lipinski definition) is 0. The molecule has 0 saturated carbocycles. The number of benzene rings is 2. The summed E-state index contributed by atoms with van der Waals surface area (Å²) in [7, 11) is 0. The number of amides is 1. The Labute approximate surface area is 167 Å². The highest BCUT2D eigenvalue weighted by Crippen LogP contribution is 2.29. The van der Waals surface area contributed by atoms with E-state index in [0.717, 1.165) is 47.1 Å². The standard InChI is InChI=1S/C21H22N2O2S2/c24-20(12-15-26-17-6-2-1-3-7-17)23-13-10-16(11-14-23)25-21-22-18-8-4-5-9-19(18)27-21/h1-9,16H,10-15H2. The average Bonchev–Trinajstić information content (AvgIpc) is 3.11. The maximum Gasteiger partial charge on any atom is 0.274 e. The number of rotatable bonds is 6. The number of thioether (sulfide) groups is 1. The number of piperidine rings is 1. The molecule has 1 saturated heterocycles. The summed E-state index contributed by atoms with van der Waals surface area (Å²) in [4.78, 5) is 20.2. The molecular formula is C21H22N2O2S2. The lowest BCUT2D eigenvalue weighted by molar-refractivity contribution is -0.132. The second-order valence-corrected chi connectivity index (χ2v) is 8.72. The van der Waals surface area contributed by atoms with Gasteiger partial charge in [0.2, 0.25) is 5.91 Å². The summed E-state index contributed by atoms with van der Waals surface area (Å²) in [5.41, 5.74) is 0.987. The highest BCUT2D eigenvalue weighted by molar-refractivity contribution is 7.99. The lowest BCUT2D eigenvalue weighted by atomic mass is 10.1. The number of fused-ring (bicyclic) bond motifs is 1. The predicted octanol–water partition coefficient (Wildman–Crippen LogP) is 4.85. The minimum absolute atomic E-state index is 0.147. The lowest BCUT2D eigenvalue weighted by Crippen LogP contribution is -2.41. The minimum atomic E-state index is 0.147. The number of carbonyl (C=O) groups is 1. The summed E-state index contributed by atoms with van der Waals surface area (Å²) in [5.74, 6) is 1.07. The molecule has 0 atom stereocenters. The van der Waals surface area contributed by atoms with Gasteiger partial charge in [-0.1, -0.05) is 41.7 Å². The Morgan fingerprint density at radius 1 is 1.11 bits per heavy atom. The number of aromatic nitrogens is 1. The molecule has 1 amide bonds. The van der Waals surface area contributed by atoms with Gasteiger partial charge in [-0.15, -0.1) is 11.8 Å². The Kier molecular flexibility index (Phi) is 5.94. The van der Waals surface area contributed by atoms with Crippen LogP contribution in [-0.2, 0) is 4.79 Å². The highest BCUT2D eigenvalue weighted by Gasteiger charge is 2.24. The van der Waals surface area contributed by atoms with Crippen molar-refractivity contribution in [2.45, 2.75) is 30.3 Å². The zero-order valence-electron chi connectivity index (χ0n) is 15.0. The van der Waals surface area contributed by atoms with E-state index in [-0.39, 0.29) is 12.0 Å². The van der Waals surface area contributed by atoms with Crippen molar-refractivity contribution in [2.75, 3.05) is 18.8 Å². The number of para-hydroxylation sites is 1. The van der Waals surface area contributed by atoms with Gasteiger partial charge in [0.1, 0.15) is 6.10 Å². The molecule has 1 fully saturated rings. The second kappa shape index (κ2) is 8.76. The molecule has 4 nitrogen and oxygen atoms in total. The van der Waals surface area contributed by atoms with E-state index < -0.39 is 0 Å². The minimum Gasteiger partial charge on any atom is -0.467 e. The van der Waals surface area contributed by atoms with Crippen LogP contribution in [0.15, 0.2) is 59.5 Å². The van der Waals surface area contributed by atoms with Gasteiger partial charge in [-0.3, -0.25) is 4.79 Å². The summed E-state index contributed by atoms with van der Waals surface area (Å²) in [5, 5.41) is 0.736. The maximum absolute atomic E-state index is 12.4. The Bertz CT molecular complexity index is 856. The van der Waals surface area contributed by atoms with Crippen LogP contribution in [0.1, 0.15) is 19.3 Å². The Hall–Kier alpha value is -2.05. The first-order valence-electron chi connectivity index (χ1n) is 9.26. The van der Waals surface area contributed by atoms with Crippen molar-refractivity contribution in [1.29, 1.82) is 0 Å². The van der Waals surface area contributed by atoms with Gasteiger partial charge in [-0.05, 0) is 24.3 Å². The van der Waals surface area contributed by atoms with Crippen molar-refractivity contribution in [3.8, 4) is 5.19 Å². The van der Waals surface area contributed by atoms with Gasteiger partial charge in [0.05, 0.1) is 10.2 Å². The van der Waals surface area contributed by atoms with Gasteiger partial charge in [0, 0.05) is 43.0 Å². The van der Waals surface area contributed by atoms with Crippen LogP contribution in [-0.4, -0.2) is 40.7 Å². The van der Waals surface area contributed by atoms with Crippen LogP contribution in [0.2, 0.25) is 0 Å². The first kappa shape index (κ1) is 18.3. The van der Waals surface area contributed by atoms with E-state index in [9.17, 15) is 4.79 Å². The summed E-state index contributed by atoms with van der Waals surface area (Å²) < 4.78 is 7.22. The predicted molar refractivity (Wildman–Crippen MR) is 112 cm³/mol. The van der Waals surface area contributed by atoms with Crippen LogP contribution in [0.5, 0.6) is 5.19 Å². The van der Waals surface area contributed by atoms with Crippen molar-refractivity contribution in [3.63, 3.8) is 0 Å². The van der Waals surface area contributed by atoms with E-state index in [4.69, 9.17) is 4.74 Å². The molecule has 0 N–H and O–H groups in total. The number of ether oxygens (including phenoxy) is 1. The van der Waals surface area contributed by atoms with Gasteiger partial charge < -0.3 is 9.64 Å². The number of carbonyl (C=O) groups excluding carboxylic acids is 1. The number of thiazole rings is 1. The van der Waals surface area contributed by atoms with Crippen LogP contribution < -0.4 is 4.74 Å². The number of hydrogen-bond acceptors (Lipinski definition) is 5. The average molecular weight is 399 g/mol. The molecule has 0 aliphatic carbocycles. The Morgan fingerprint density at radius 2 is 1.85 bits per heavy atom. The van der Waals surface area contributed by atoms with Gasteiger partial charge in [-0.25, -0.2) is 4.98 Å². The molecule has 0 unspecified atom stereocenters. The molecule has 27 heavy (non-hydrogen) atoms. The Morgan fingerprint density at radius 3 is 2.63 bits per heavy atom. The summed E-state index contributed by atoms with van der Waals surface area (Å²) in [6.07, 6.45) is 2.47. The molecule has 1 aliphatic heterocycles. The van der Waals surface area contributed by atoms with E-state index in [2.05, 4.69) is 23.2 Å². The largest absolute Gasteiger partial charge is 0.467 e. The zero-order chi connectivity index (χ0) is 18.5. The third-order valence-electron chi connectivity index (χ3n) is 4.66. The van der Waals surface area contributed by atoms with E-state index in [0.29, 0.717) is 6.42 Å². The fourth-order valence-corrected chi connectivity index (χ4v) is 4.94. The maximum atomic E-state index is 12.4. The van der Waals surface area contributed by atoms with E-state index in [1.54, 1.807) is 23.1 Å². The molecule has 0 spiro atoms. The third-order valence-corrected chi connectivity index (χ3v) is 6.61. The molecule has 140 valence electrons. The Balaban J connectivity index is 1.21. The molecule has 2 heterocycles. The van der Waals surface area contributed by atoms with Crippen LogP contribution >= 0.6 is 23.1 Å². The van der Waals surface area contributed by atoms with Crippen molar-refractivity contribution in [1.82, 2.24) is 9.88 Å². The summed E-state index contributed by atoms with van der Waals surface area (Å²) >= 11 is 3.33. The molecule has 4 rings (SSSR count). The monoisotopic (exact) mass is 398 g/mol. The van der Waals surface area contributed by atoms with E-state index in [1.807, 2.05) is 41.3 Å². The molecule has 1 aliphatic rings. The normalized spacial score (nSPS) is 15.2. The quantitative estimate of drug-likeness (QED) is 0.557. The zero-order valence-corrected chi connectivity index (χ0v) is 16.7. The van der Waals surface area contributed by atoms with Gasteiger partial charge in [0.25, 0.3) is 5.19 Å². The van der Waals surface area contributed by atoms with Crippen LogP contribution in [0.4, 0.5) is 0 Å². The van der Waals surface area contributed by atoms with Gasteiger partial charge in [0.15, 0.2) is 0 Å². The second-order valence-electron chi connectivity index (χ2n) is 6.56. The number of likely N-dealkylation sites (tertiary alicyclic amines) is 1. The van der Waals surface area contributed by atoms with Gasteiger partial charge >= 0.3 is 0 Å². The van der Waals surface area contributed by atoms with Crippen LogP contribution in [0, 0.1) is 0 Å². The molecular weight excluding hydrogens is 376 g/mol.